The van der Waals surface area contributed by atoms with E-state index in [4.69, 9.17) is 4.74 Å². The van der Waals surface area contributed by atoms with Gasteiger partial charge < -0.3 is 15.0 Å². The quantitative estimate of drug-likeness (QED) is 0.761. The van der Waals surface area contributed by atoms with Gasteiger partial charge in [-0.1, -0.05) is 6.07 Å². The van der Waals surface area contributed by atoms with Crippen molar-refractivity contribution in [2.75, 3.05) is 23.4 Å². The molecule has 0 saturated heterocycles. The summed E-state index contributed by atoms with van der Waals surface area (Å²) in [5.74, 6) is -1.57. The summed E-state index contributed by atoms with van der Waals surface area (Å²) in [5.41, 5.74) is 1.57. The highest BCUT2D eigenvalue weighted by atomic mass is 79.9. The summed E-state index contributed by atoms with van der Waals surface area (Å²) in [5, 5.41) is 2.43. The number of ether oxygens (including phenoxy) is 1. The van der Waals surface area contributed by atoms with Crippen LogP contribution in [0.25, 0.3) is 0 Å². The SMILES string of the molecule is Cc1ccc2c(c1)N(CCCC(=O)Nc1c(F)cc(F)cc1Br)C(=O)CO2. The van der Waals surface area contributed by atoms with Gasteiger partial charge in [-0.25, -0.2) is 8.78 Å². The molecule has 1 N–H and O–H groups in total. The maximum Gasteiger partial charge on any atom is 0.265 e. The average Bonchev–Trinajstić information content (AvgIpc) is 2.60. The molecule has 0 saturated carbocycles. The Morgan fingerprint density at radius 2 is 2.07 bits per heavy atom. The van der Waals surface area contributed by atoms with Crippen LogP contribution in [-0.4, -0.2) is 25.0 Å². The third kappa shape index (κ3) is 4.44. The molecule has 0 aliphatic carbocycles. The molecule has 2 aromatic carbocycles. The van der Waals surface area contributed by atoms with Crippen LogP contribution in [0.5, 0.6) is 5.75 Å². The number of carbonyl (C=O) groups is 2. The summed E-state index contributed by atoms with van der Waals surface area (Å²) < 4.78 is 32.4. The van der Waals surface area contributed by atoms with Gasteiger partial charge >= 0.3 is 0 Å². The summed E-state index contributed by atoms with van der Waals surface area (Å²) in [7, 11) is 0. The minimum absolute atomic E-state index is 0.0456. The molecule has 27 heavy (non-hydrogen) atoms. The highest BCUT2D eigenvalue weighted by Crippen LogP contribution is 2.33. The number of anilines is 2. The number of amides is 2. The molecule has 2 aromatic rings. The monoisotopic (exact) mass is 438 g/mol. The first-order chi connectivity index (χ1) is 12.8. The molecular weight excluding hydrogens is 422 g/mol. The number of rotatable bonds is 5. The predicted molar refractivity (Wildman–Crippen MR) is 101 cm³/mol. The number of aryl methyl sites for hydroxylation is 1. The fraction of sp³-hybridized carbons (Fsp3) is 0.263. The molecule has 0 aromatic heterocycles. The van der Waals surface area contributed by atoms with E-state index >= 15 is 0 Å². The van der Waals surface area contributed by atoms with E-state index in [1.54, 1.807) is 4.90 Å². The molecule has 0 atom stereocenters. The first-order valence-corrected chi connectivity index (χ1v) is 9.12. The van der Waals surface area contributed by atoms with Crippen molar-refractivity contribution in [1.82, 2.24) is 0 Å². The van der Waals surface area contributed by atoms with Crippen LogP contribution in [0.2, 0.25) is 0 Å². The molecule has 0 fully saturated rings. The van der Waals surface area contributed by atoms with Crippen molar-refractivity contribution in [3.8, 4) is 5.75 Å². The molecule has 0 radical (unpaired) electrons. The molecule has 0 spiro atoms. The lowest BCUT2D eigenvalue weighted by Gasteiger charge is -2.29. The van der Waals surface area contributed by atoms with Crippen molar-refractivity contribution in [3.05, 3.63) is 52.0 Å². The van der Waals surface area contributed by atoms with E-state index in [-0.39, 0.29) is 29.1 Å². The number of halogens is 3. The number of nitrogens with one attached hydrogen (secondary N) is 1. The van der Waals surface area contributed by atoms with Gasteiger partial charge in [0.05, 0.1) is 11.4 Å². The van der Waals surface area contributed by atoms with E-state index in [1.807, 2.05) is 25.1 Å². The standard InChI is InChI=1S/C19H17BrF2N2O3/c1-11-4-5-16-15(7-11)24(18(26)10-27-16)6-2-3-17(25)23-19-13(20)8-12(21)9-14(19)22/h4-5,7-9H,2-3,6,10H2,1H3,(H,23,25). The van der Waals surface area contributed by atoms with Crippen LogP contribution in [0.3, 0.4) is 0 Å². The summed E-state index contributed by atoms with van der Waals surface area (Å²) in [6.07, 6.45) is 0.459. The molecule has 3 rings (SSSR count). The Morgan fingerprint density at radius 1 is 1.30 bits per heavy atom. The van der Waals surface area contributed by atoms with Gasteiger partial charge in [-0.3, -0.25) is 9.59 Å². The largest absolute Gasteiger partial charge is 0.482 e. The lowest BCUT2D eigenvalue weighted by Crippen LogP contribution is -2.39. The lowest BCUT2D eigenvalue weighted by atomic mass is 10.1. The van der Waals surface area contributed by atoms with Crippen LogP contribution in [-0.2, 0) is 9.59 Å². The van der Waals surface area contributed by atoms with Gasteiger partial charge in [0.25, 0.3) is 5.91 Å². The number of hydrogen-bond acceptors (Lipinski definition) is 3. The van der Waals surface area contributed by atoms with Gasteiger partial charge in [-0.15, -0.1) is 0 Å². The molecule has 142 valence electrons. The van der Waals surface area contributed by atoms with Crippen molar-refractivity contribution < 1.29 is 23.1 Å². The van der Waals surface area contributed by atoms with Crippen molar-refractivity contribution in [1.29, 1.82) is 0 Å². The Balaban J connectivity index is 1.61. The van der Waals surface area contributed by atoms with Gasteiger partial charge in [0.15, 0.2) is 12.4 Å². The maximum absolute atomic E-state index is 13.8. The Morgan fingerprint density at radius 3 is 2.81 bits per heavy atom. The van der Waals surface area contributed by atoms with Crippen LogP contribution in [0.1, 0.15) is 18.4 Å². The summed E-state index contributed by atoms with van der Waals surface area (Å²) in [6.45, 7) is 2.20. The molecule has 0 bridgehead atoms. The van der Waals surface area contributed by atoms with Crippen LogP contribution in [0, 0.1) is 18.6 Å². The third-order valence-corrected chi connectivity index (χ3v) is 4.74. The first-order valence-electron chi connectivity index (χ1n) is 8.33. The van der Waals surface area contributed by atoms with E-state index < -0.39 is 17.5 Å². The predicted octanol–water partition coefficient (Wildman–Crippen LogP) is 4.18. The molecule has 1 aliphatic rings. The smallest absolute Gasteiger partial charge is 0.265 e. The van der Waals surface area contributed by atoms with Gasteiger partial charge in [0.2, 0.25) is 5.91 Å². The Hall–Kier alpha value is -2.48. The van der Waals surface area contributed by atoms with Crippen molar-refractivity contribution in [2.45, 2.75) is 19.8 Å². The molecule has 1 heterocycles. The highest BCUT2D eigenvalue weighted by Gasteiger charge is 2.25. The number of hydrogen-bond donors (Lipinski definition) is 1. The topological polar surface area (TPSA) is 58.6 Å². The summed E-state index contributed by atoms with van der Waals surface area (Å²) in [6, 6.07) is 7.34. The Labute approximate surface area is 163 Å². The molecule has 1 aliphatic heterocycles. The van der Waals surface area contributed by atoms with E-state index in [0.29, 0.717) is 30.5 Å². The lowest BCUT2D eigenvalue weighted by molar-refractivity contribution is -0.121. The molecular formula is C19H17BrF2N2O3. The number of benzene rings is 2. The molecule has 5 nitrogen and oxygen atoms in total. The van der Waals surface area contributed by atoms with Crippen molar-refractivity contribution in [2.24, 2.45) is 0 Å². The summed E-state index contributed by atoms with van der Waals surface area (Å²) in [4.78, 5) is 25.9. The van der Waals surface area contributed by atoms with Crippen LogP contribution in [0.4, 0.5) is 20.2 Å². The number of nitrogens with zero attached hydrogens (tertiary/aromatic N) is 1. The van der Waals surface area contributed by atoms with E-state index in [9.17, 15) is 18.4 Å². The zero-order chi connectivity index (χ0) is 19.6. The van der Waals surface area contributed by atoms with Crippen LogP contribution < -0.4 is 15.0 Å². The van der Waals surface area contributed by atoms with Crippen molar-refractivity contribution in [3.63, 3.8) is 0 Å². The van der Waals surface area contributed by atoms with E-state index in [1.165, 1.54) is 0 Å². The first kappa shape index (κ1) is 19.3. The highest BCUT2D eigenvalue weighted by molar-refractivity contribution is 9.10. The second kappa shape index (κ2) is 8.04. The average molecular weight is 439 g/mol. The van der Waals surface area contributed by atoms with Crippen LogP contribution >= 0.6 is 15.9 Å². The minimum atomic E-state index is -0.858. The summed E-state index contributed by atoms with van der Waals surface area (Å²) >= 11 is 3.03. The zero-order valence-corrected chi connectivity index (χ0v) is 16.1. The van der Waals surface area contributed by atoms with E-state index in [0.717, 1.165) is 11.6 Å². The van der Waals surface area contributed by atoms with Gasteiger partial charge in [0, 0.05) is 23.5 Å². The zero-order valence-electron chi connectivity index (χ0n) is 14.5. The van der Waals surface area contributed by atoms with Gasteiger partial charge in [-0.2, -0.15) is 0 Å². The Bertz CT molecular complexity index is 882. The normalized spacial score (nSPS) is 13.2. The van der Waals surface area contributed by atoms with Crippen molar-refractivity contribution >= 4 is 39.1 Å². The van der Waals surface area contributed by atoms with E-state index in [2.05, 4.69) is 21.2 Å². The molecule has 2 amide bonds. The molecule has 0 unspecified atom stereocenters. The fourth-order valence-electron chi connectivity index (χ4n) is 2.82. The third-order valence-electron chi connectivity index (χ3n) is 4.11. The number of fused-ring (bicyclic) bond motifs is 1. The Kier molecular flexibility index (Phi) is 5.74. The number of carbonyl (C=O) groups excluding carboxylic acids is 2. The minimum Gasteiger partial charge on any atom is -0.482 e. The van der Waals surface area contributed by atoms with Gasteiger partial charge in [0.1, 0.15) is 11.6 Å². The van der Waals surface area contributed by atoms with Crippen LogP contribution in [0.15, 0.2) is 34.8 Å². The maximum atomic E-state index is 13.8. The fourth-order valence-corrected chi connectivity index (χ4v) is 3.33. The second-order valence-electron chi connectivity index (χ2n) is 6.20. The second-order valence-corrected chi connectivity index (χ2v) is 7.06. The molecule has 8 heteroatoms. The van der Waals surface area contributed by atoms with Gasteiger partial charge in [-0.05, 0) is 53.0 Å².